The first-order valence-corrected chi connectivity index (χ1v) is 3.43. The van der Waals surface area contributed by atoms with Crippen LogP contribution in [0, 0.1) is 0 Å². The Bertz CT molecular complexity index is 307. The van der Waals surface area contributed by atoms with E-state index < -0.39 is 17.6 Å². The molecule has 0 fully saturated rings. The van der Waals surface area contributed by atoms with Crippen molar-refractivity contribution in [2.45, 2.75) is 6.18 Å². The highest BCUT2D eigenvalue weighted by Gasteiger charge is 2.29. The van der Waals surface area contributed by atoms with Crippen molar-refractivity contribution in [1.29, 1.82) is 0 Å². The lowest BCUT2D eigenvalue weighted by atomic mass is 10.1. The van der Waals surface area contributed by atoms with Gasteiger partial charge in [0.2, 0.25) is 0 Å². The van der Waals surface area contributed by atoms with Crippen LogP contribution < -0.4 is 0 Å². The summed E-state index contributed by atoms with van der Waals surface area (Å²) in [7, 11) is 0. The lowest BCUT2D eigenvalue weighted by Crippen LogP contribution is -2.04. The molecule has 1 aromatic carbocycles. The molecule has 0 aliphatic rings. The maximum atomic E-state index is 12.4. The normalized spacial score (nSPS) is 11.4. The molecular formula is C9H6F4. The van der Waals surface area contributed by atoms with Crippen LogP contribution >= 0.6 is 0 Å². The Balaban J connectivity index is 3.01. The van der Waals surface area contributed by atoms with Crippen LogP contribution in [-0.2, 0) is 6.18 Å². The summed E-state index contributed by atoms with van der Waals surface area (Å²) in [6.45, 7) is 2.97. The fourth-order valence-corrected chi connectivity index (χ4v) is 0.840. The van der Waals surface area contributed by atoms with Gasteiger partial charge in [0, 0.05) is 5.56 Å². The number of hydrogen-bond acceptors (Lipinski definition) is 0. The van der Waals surface area contributed by atoms with E-state index in [-0.39, 0.29) is 5.56 Å². The highest BCUT2D eigenvalue weighted by Crippen LogP contribution is 2.29. The first kappa shape index (κ1) is 9.77. The molecular weight excluding hydrogens is 184 g/mol. The van der Waals surface area contributed by atoms with Crippen LogP contribution in [0.3, 0.4) is 0 Å². The summed E-state index contributed by atoms with van der Waals surface area (Å²) in [4.78, 5) is 0. The van der Waals surface area contributed by atoms with Crippen molar-refractivity contribution in [2.24, 2.45) is 0 Å². The van der Waals surface area contributed by atoms with Crippen molar-refractivity contribution in [2.75, 3.05) is 0 Å². The molecule has 0 atom stereocenters. The van der Waals surface area contributed by atoms with Crippen LogP contribution in [0.4, 0.5) is 17.6 Å². The third kappa shape index (κ3) is 2.31. The van der Waals surface area contributed by atoms with Crippen molar-refractivity contribution < 1.29 is 17.6 Å². The Kier molecular flexibility index (Phi) is 2.40. The minimum Gasteiger partial charge on any atom is -0.207 e. The molecule has 0 spiro atoms. The Morgan fingerprint density at radius 3 is 1.85 bits per heavy atom. The molecule has 0 amide bonds. The molecule has 0 aliphatic heterocycles. The fourth-order valence-electron chi connectivity index (χ4n) is 0.840. The molecule has 70 valence electrons. The molecule has 1 rings (SSSR count). The van der Waals surface area contributed by atoms with Gasteiger partial charge in [-0.25, -0.2) is 4.39 Å². The van der Waals surface area contributed by atoms with Gasteiger partial charge < -0.3 is 0 Å². The van der Waals surface area contributed by atoms with Gasteiger partial charge in [0.05, 0.1) is 5.56 Å². The quantitative estimate of drug-likeness (QED) is 0.593. The van der Waals surface area contributed by atoms with Gasteiger partial charge in [0.15, 0.2) is 0 Å². The maximum absolute atomic E-state index is 12.4. The Morgan fingerprint density at radius 1 is 1.08 bits per heavy atom. The fraction of sp³-hybridized carbons (Fsp3) is 0.111. The van der Waals surface area contributed by atoms with Crippen molar-refractivity contribution in [3.63, 3.8) is 0 Å². The van der Waals surface area contributed by atoms with Gasteiger partial charge in [-0.05, 0) is 12.1 Å². The van der Waals surface area contributed by atoms with Gasteiger partial charge in [0.25, 0.3) is 0 Å². The molecule has 0 aliphatic carbocycles. The van der Waals surface area contributed by atoms with E-state index in [4.69, 9.17) is 0 Å². The van der Waals surface area contributed by atoms with Gasteiger partial charge in [-0.3, -0.25) is 0 Å². The average Bonchev–Trinajstić information content (AvgIpc) is 2.03. The van der Waals surface area contributed by atoms with Crippen LogP contribution in [0.1, 0.15) is 11.1 Å². The van der Waals surface area contributed by atoms with E-state index in [1.54, 1.807) is 0 Å². The summed E-state index contributed by atoms with van der Waals surface area (Å²) >= 11 is 0. The van der Waals surface area contributed by atoms with E-state index in [9.17, 15) is 17.6 Å². The van der Waals surface area contributed by atoms with E-state index in [1.807, 2.05) is 0 Å². The topological polar surface area (TPSA) is 0 Å². The largest absolute Gasteiger partial charge is 0.416 e. The molecule has 4 heteroatoms. The lowest BCUT2D eigenvalue weighted by Gasteiger charge is -2.06. The monoisotopic (exact) mass is 190 g/mol. The second kappa shape index (κ2) is 3.20. The predicted octanol–water partition coefficient (Wildman–Crippen LogP) is 3.65. The summed E-state index contributed by atoms with van der Waals surface area (Å²) in [6.07, 6.45) is -4.38. The number of benzene rings is 1. The van der Waals surface area contributed by atoms with E-state index in [0.717, 1.165) is 24.3 Å². The van der Waals surface area contributed by atoms with Gasteiger partial charge in [-0.1, -0.05) is 18.7 Å². The maximum Gasteiger partial charge on any atom is 0.416 e. The third-order valence-corrected chi connectivity index (χ3v) is 1.53. The molecule has 0 heterocycles. The first-order valence-electron chi connectivity index (χ1n) is 3.43. The molecule has 0 N–H and O–H groups in total. The molecule has 0 nitrogen and oxygen atoms in total. The van der Waals surface area contributed by atoms with Crippen molar-refractivity contribution in [1.82, 2.24) is 0 Å². The zero-order chi connectivity index (χ0) is 10.1. The number of rotatable bonds is 1. The average molecular weight is 190 g/mol. The van der Waals surface area contributed by atoms with Crippen molar-refractivity contribution in [3.8, 4) is 0 Å². The molecule has 0 bridgehead atoms. The molecule has 0 saturated heterocycles. The third-order valence-electron chi connectivity index (χ3n) is 1.53. The van der Waals surface area contributed by atoms with Crippen LogP contribution in [0.2, 0.25) is 0 Å². The summed E-state index contributed by atoms with van der Waals surface area (Å²) < 4.78 is 48.4. The molecule has 0 unspecified atom stereocenters. The predicted molar refractivity (Wildman–Crippen MR) is 41.6 cm³/mol. The minimum atomic E-state index is -4.38. The van der Waals surface area contributed by atoms with Crippen LogP contribution in [0.15, 0.2) is 30.8 Å². The van der Waals surface area contributed by atoms with Crippen LogP contribution in [0.25, 0.3) is 5.83 Å². The highest BCUT2D eigenvalue weighted by molar-refractivity contribution is 5.56. The van der Waals surface area contributed by atoms with Gasteiger partial charge in [-0.15, -0.1) is 0 Å². The van der Waals surface area contributed by atoms with E-state index in [1.165, 1.54) is 0 Å². The molecule has 0 aromatic heterocycles. The Hall–Kier alpha value is -1.32. The van der Waals surface area contributed by atoms with Crippen LogP contribution in [0.5, 0.6) is 0 Å². The number of alkyl halides is 3. The van der Waals surface area contributed by atoms with Gasteiger partial charge in [0.1, 0.15) is 5.83 Å². The molecule has 0 saturated carbocycles. The zero-order valence-corrected chi connectivity index (χ0v) is 6.53. The van der Waals surface area contributed by atoms with Crippen LogP contribution in [-0.4, -0.2) is 0 Å². The van der Waals surface area contributed by atoms with Crippen molar-refractivity contribution in [3.05, 3.63) is 42.0 Å². The molecule has 0 radical (unpaired) electrons. The first-order chi connectivity index (χ1) is 5.91. The van der Waals surface area contributed by atoms with Gasteiger partial charge >= 0.3 is 6.18 Å². The van der Waals surface area contributed by atoms with E-state index in [2.05, 4.69) is 6.58 Å². The summed E-state index contributed by atoms with van der Waals surface area (Å²) in [5.41, 5.74) is -0.731. The van der Waals surface area contributed by atoms with E-state index >= 15 is 0 Å². The standard InChI is InChI=1S/C9H6F4/c1-6(10)7-2-4-8(5-3-7)9(11,12)13/h2-5H,1H2. The Morgan fingerprint density at radius 2 is 1.54 bits per heavy atom. The summed E-state index contributed by atoms with van der Waals surface area (Å²) in [5.74, 6) is -0.742. The summed E-state index contributed by atoms with van der Waals surface area (Å²) in [5, 5.41) is 0. The second-order valence-electron chi connectivity index (χ2n) is 2.48. The SMILES string of the molecule is C=C(F)c1ccc(C(F)(F)F)cc1. The van der Waals surface area contributed by atoms with Crippen molar-refractivity contribution >= 4 is 5.83 Å². The number of halogens is 4. The molecule has 1 aromatic rings. The summed E-state index contributed by atoms with van der Waals surface area (Å²) in [6, 6.07) is 3.73. The Labute approximate surface area is 72.5 Å². The second-order valence-corrected chi connectivity index (χ2v) is 2.48. The van der Waals surface area contributed by atoms with Gasteiger partial charge in [-0.2, -0.15) is 13.2 Å². The molecule has 13 heavy (non-hydrogen) atoms. The smallest absolute Gasteiger partial charge is 0.207 e. The zero-order valence-electron chi connectivity index (χ0n) is 6.53. The number of hydrogen-bond donors (Lipinski definition) is 0. The lowest BCUT2D eigenvalue weighted by molar-refractivity contribution is -0.137. The highest BCUT2D eigenvalue weighted by atomic mass is 19.4. The van der Waals surface area contributed by atoms with E-state index in [0.29, 0.717) is 0 Å². The minimum absolute atomic E-state index is 0.0630.